The van der Waals surface area contributed by atoms with E-state index in [0.29, 0.717) is 0 Å². The van der Waals surface area contributed by atoms with Crippen molar-refractivity contribution in [2.75, 3.05) is 6.61 Å². The molecule has 0 amide bonds. The summed E-state index contributed by atoms with van der Waals surface area (Å²) in [6, 6.07) is 16.3. The van der Waals surface area contributed by atoms with Crippen LogP contribution in [-0.2, 0) is 19.1 Å². The first-order valence-electron chi connectivity index (χ1n) is 7.91. The minimum atomic E-state index is -0.912. The van der Waals surface area contributed by atoms with Crippen molar-refractivity contribution in [2.45, 2.75) is 31.8 Å². The van der Waals surface area contributed by atoms with E-state index >= 15 is 0 Å². The molecule has 1 aliphatic rings. The Morgan fingerprint density at radius 3 is 2.12 bits per heavy atom. The monoisotopic (exact) mass is 323 g/mol. The third-order valence-corrected chi connectivity index (χ3v) is 4.26. The summed E-state index contributed by atoms with van der Waals surface area (Å²) in [5.74, 6) is -0.361. The number of carbonyl (C=O) groups is 1. The predicted octanol–water partition coefficient (Wildman–Crippen LogP) is 3.59. The van der Waals surface area contributed by atoms with Gasteiger partial charge in [0.2, 0.25) is 0 Å². The number of hydrogen-bond donors (Lipinski definition) is 0. The van der Waals surface area contributed by atoms with Gasteiger partial charge in [0.05, 0.1) is 6.42 Å². The number of carbonyl (C=O) groups excluding carboxylic acids is 2. The second-order valence-electron chi connectivity index (χ2n) is 6.53. The molecule has 2 aromatic rings. The molecule has 2 aromatic carbocycles. The van der Waals surface area contributed by atoms with Gasteiger partial charge in [-0.25, -0.2) is 4.79 Å². The van der Waals surface area contributed by atoms with E-state index in [1.54, 1.807) is 13.8 Å². The minimum Gasteiger partial charge on any atom is -0.465 e. The number of ether oxygens (including phenoxy) is 2. The molecule has 0 aliphatic heterocycles. The van der Waals surface area contributed by atoms with Gasteiger partial charge in [-0.3, -0.25) is 4.79 Å². The van der Waals surface area contributed by atoms with E-state index in [4.69, 9.17) is 9.47 Å². The molecule has 24 heavy (non-hydrogen) atoms. The molecule has 0 atom stereocenters. The third kappa shape index (κ3) is 3.18. The van der Waals surface area contributed by atoms with Gasteiger partial charge in [-0.1, -0.05) is 48.5 Å². The van der Waals surface area contributed by atoms with Crippen molar-refractivity contribution >= 4 is 12.4 Å². The average Bonchev–Trinajstić information content (AvgIpc) is 2.86. The fourth-order valence-electron chi connectivity index (χ4n) is 3.16. The van der Waals surface area contributed by atoms with Gasteiger partial charge in [-0.15, -0.1) is 0 Å². The molecular weight excluding hydrogens is 304 g/mol. The van der Waals surface area contributed by atoms with Crippen molar-refractivity contribution in [1.29, 1.82) is 0 Å². The summed E-state index contributed by atoms with van der Waals surface area (Å²) in [5, 5.41) is 0. The minimum absolute atomic E-state index is 0.00173. The Hall–Kier alpha value is -2.62. The highest BCUT2D eigenvalue weighted by Crippen LogP contribution is 2.44. The molecule has 0 saturated carbocycles. The molecule has 123 valence electrons. The quantitative estimate of drug-likeness (QED) is 0.762. The summed E-state index contributed by atoms with van der Waals surface area (Å²) in [4.78, 5) is 22.4. The molecule has 4 nitrogen and oxygen atoms in total. The normalized spacial score (nSPS) is 13.1. The highest BCUT2D eigenvalue weighted by atomic mass is 16.6. The van der Waals surface area contributed by atoms with Gasteiger partial charge in [-0.05, 0) is 36.1 Å². The highest BCUT2D eigenvalue weighted by Gasteiger charge is 2.30. The first-order chi connectivity index (χ1) is 11.5. The molecule has 3 rings (SSSR count). The molecule has 0 unspecified atom stereocenters. The van der Waals surface area contributed by atoms with Gasteiger partial charge in [0.25, 0.3) is 0 Å². The Morgan fingerprint density at radius 1 is 1.04 bits per heavy atom. The number of hydrogen-bond acceptors (Lipinski definition) is 4. The smallest absolute Gasteiger partial charge is 0.418 e. The van der Waals surface area contributed by atoms with Crippen molar-refractivity contribution in [3.05, 3.63) is 59.7 Å². The summed E-state index contributed by atoms with van der Waals surface area (Å²) in [5.41, 5.74) is 3.80. The highest BCUT2D eigenvalue weighted by molar-refractivity contribution is 5.79. The van der Waals surface area contributed by atoms with Gasteiger partial charge >= 0.3 is 12.4 Å². The number of benzene rings is 2. The van der Waals surface area contributed by atoms with Crippen LogP contribution in [0.3, 0.4) is 0 Å². The van der Waals surface area contributed by atoms with Crippen LogP contribution >= 0.6 is 0 Å². The Morgan fingerprint density at radius 2 is 1.58 bits per heavy atom. The van der Waals surface area contributed by atoms with Crippen LogP contribution in [0.2, 0.25) is 0 Å². The molecule has 0 N–H and O–H groups in total. The molecule has 0 aromatic heterocycles. The Balaban J connectivity index is 1.74. The molecule has 1 aliphatic carbocycles. The van der Waals surface area contributed by atoms with E-state index in [0.717, 1.165) is 0 Å². The lowest BCUT2D eigenvalue weighted by atomic mass is 9.98. The maximum absolute atomic E-state index is 12.1. The summed E-state index contributed by atoms with van der Waals surface area (Å²) in [6.45, 7) is 4.95. The maximum atomic E-state index is 12.1. The van der Waals surface area contributed by atoms with E-state index in [1.165, 1.54) is 28.7 Å². The Bertz CT molecular complexity index is 718. The van der Waals surface area contributed by atoms with E-state index in [1.807, 2.05) is 24.3 Å². The summed E-state index contributed by atoms with van der Waals surface area (Å²) >= 11 is 0. The van der Waals surface area contributed by atoms with Crippen molar-refractivity contribution in [3.8, 4) is 11.1 Å². The fourth-order valence-corrected chi connectivity index (χ4v) is 3.16. The first kappa shape index (κ1) is 16.2. The fraction of sp³-hybridized carbons (Fsp3) is 0.300. The first-order valence-corrected chi connectivity index (χ1v) is 7.91. The van der Waals surface area contributed by atoms with E-state index in [9.17, 15) is 9.59 Å². The lowest BCUT2D eigenvalue weighted by Gasteiger charge is -2.21. The summed E-state index contributed by atoms with van der Waals surface area (Å²) < 4.78 is 10.3. The van der Waals surface area contributed by atoms with Crippen molar-refractivity contribution < 1.29 is 19.1 Å². The van der Waals surface area contributed by atoms with Crippen LogP contribution in [-0.4, -0.2) is 24.6 Å². The van der Waals surface area contributed by atoms with Gasteiger partial charge in [0.1, 0.15) is 12.2 Å². The van der Waals surface area contributed by atoms with E-state index in [2.05, 4.69) is 24.3 Å². The van der Waals surface area contributed by atoms with Crippen LogP contribution in [0.25, 0.3) is 11.1 Å². The molecule has 0 heterocycles. The maximum Gasteiger partial charge on any atom is 0.418 e. The Kier molecular flexibility index (Phi) is 4.38. The van der Waals surface area contributed by atoms with Crippen LogP contribution in [0.4, 0.5) is 0 Å². The third-order valence-electron chi connectivity index (χ3n) is 4.26. The summed E-state index contributed by atoms with van der Waals surface area (Å²) in [6.07, 6.45) is -0.00173. The second kappa shape index (κ2) is 6.48. The number of rotatable bonds is 6. The molecular formula is C20H19O4. The molecule has 4 heteroatoms. The van der Waals surface area contributed by atoms with E-state index in [-0.39, 0.29) is 18.9 Å². The van der Waals surface area contributed by atoms with Crippen LogP contribution in [0.5, 0.6) is 0 Å². The molecule has 0 fully saturated rings. The van der Waals surface area contributed by atoms with Gasteiger partial charge < -0.3 is 9.47 Å². The Labute approximate surface area is 141 Å². The van der Waals surface area contributed by atoms with E-state index < -0.39 is 11.6 Å². The van der Waals surface area contributed by atoms with Crippen molar-refractivity contribution in [1.82, 2.24) is 0 Å². The average molecular weight is 323 g/mol. The zero-order valence-corrected chi connectivity index (χ0v) is 13.7. The largest absolute Gasteiger partial charge is 0.465 e. The molecule has 0 bridgehead atoms. The van der Waals surface area contributed by atoms with Gasteiger partial charge in [0.15, 0.2) is 0 Å². The zero-order valence-electron chi connectivity index (χ0n) is 13.7. The van der Waals surface area contributed by atoms with Gasteiger partial charge in [-0.2, -0.15) is 0 Å². The van der Waals surface area contributed by atoms with Crippen LogP contribution in [0, 0.1) is 0 Å². The van der Waals surface area contributed by atoms with Crippen LogP contribution in [0.15, 0.2) is 48.5 Å². The van der Waals surface area contributed by atoms with Crippen molar-refractivity contribution in [3.63, 3.8) is 0 Å². The number of fused-ring (bicyclic) bond motifs is 3. The lowest BCUT2D eigenvalue weighted by molar-refractivity contribution is -0.147. The number of esters is 1. The second-order valence-corrected chi connectivity index (χ2v) is 6.53. The molecule has 1 radical (unpaired) electrons. The van der Waals surface area contributed by atoms with Gasteiger partial charge in [0, 0.05) is 5.92 Å². The zero-order chi connectivity index (χ0) is 17.2. The van der Waals surface area contributed by atoms with Crippen LogP contribution in [0.1, 0.15) is 37.3 Å². The SMILES string of the molecule is CC(C)(CC(=O)OCC1c2ccccc2-c2ccccc21)O[C]=O. The molecule has 0 saturated heterocycles. The molecule has 0 spiro atoms. The van der Waals surface area contributed by atoms with Crippen molar-refractivity contribution in [2.24, 2.45) is 0 Å². The standard InChI is InChI=1S/C20H19O4/c1-20(2,24-13-21)11-19(22)23-12-18-16-9-5-3-7-14(16)15-8-4-6-10-17(15)18/h3-10,18H,11-12H2,1-2H3. The van der Waals surface area contributed by atoms with Crippen LogP contribution < -0.4 is 0 Å². The summed E-state index contributed by atoms with van der Waals surface area (Å²) in [7, 11) is 0. The predicted molar refractivity (Wildman–Crippen MR) is 90.2 cm³/mol. The lowest BCUT2D eigenvalue weighted by Crippen LogP contribution is -2.29. The topological polar surface area (TPSA) is 52.6 Å².